The van der Waals surface area contributed by atoms with Gasteiger partial charge in [0.05, 0.1) is 0 Å². The fourth-order valence-electron chi connectivity index (χ4n) is 3.93. The van der Waals surface area contributed by atoms with Crippen LogP contribution in [0.4, 0.5) is 0 Å². The molecule has 0 aliphatic carbocycles. The second-order valence-corrected chi connectivity index (χ2v) is 8.70. The molecule has 0 aromatic rings. The summed E-state index contributed by atoms with van der Waals surface area (Å²) in [5.74, 6) is 0. The van der Waals surface area contributed by atoms with Gasteiger partial charge in [0.15, 0.2) is 0 Å². The van der Waals surface area contributed by atoms with E-state index in [4.69, 9.17) is 5.73 Å². The van der Waals surface area contributed by atoms with Crippen molar-refractivity contribution in [2.75, 3.05) is 0 Å². The Bertz CT molecular complexity index is 220. The third-order valence-electron chi connectivity index (χ3n) is 5.86. The van der Waals surface area contributed by atoms with E-state index < -0.39 is 0 Å². The average Bonchev–Trinajstić information content (AvgIpc) is 2.64. The monoisotopic (exact) mass is 403 g/mol. The Balaban J connectivity index is 0. The van der Waals surface area contributed by atoms with Crippen molar-refractivity contribution in [3.8, 4) is 0 Å². The predicted molar refractivity (Wildman–Crippen MR) is 128 cm³/mol. The second kappa shape index (κ2) is 26.2. The first kappa shape index (κ1) is 29.5. The van der Waals surface area contributed by atoms with Crippen molar-refractivity contribution in [1.82, 2.24) is 0 Å². The maximum absolute atomic E-state index is 6.29. The van der Waals surface area contributed by atoms with Gasteiger partial charge in [0.2, 0.25) is 0 Å². The number of halogens is 1. The molecule has 0 heterocycles. The fourth-order valence-corrected chi connectivity index (χ4v) is 3.93. The molecule has 0 aromatic carbocycles. The van der Waals surface area contributed by atoms with Gasteiger partial charge in [-0.2, -0.15) is 0 Å². The van der Waals surface area contributed by atoms with E-state index in [0.717, 1.165) is 0 Å². The lowest BCUT2D eigenvalue weighted by molar-refractivity contribution is 0.478. The minimum Gasteiger partial charge on any atom is -0.328 e. The Kier molecular flexibility index (Phi) is 28.6. The molecule has 0 unspecified atom stereocenters. The molecule has 0 aliphatic heterocycles. The summed E-state index contributed by atoms with van der Waals surface area (Å²) in [4.78, 5) is 0. The lowest BCUT2D eigenvalue weighted by Crippen LogP contribution is -2.19. The first-order valence-electron chi connectivity index (χ1n) is 12.6. The van der Waals surface area contributed by atoms with Crippen LogP contribution in [-0.4, -0.2) is 6.04 Å². The third kappa shape index (κ3) is 26.2. The van der Waals surface area contributed by atoms with Gasteiger partial charge in [-0.25, -0.2) is 0 Å². The van der Waals surface area contributed by atoms with E-state index >= 15 is 0 Å². The number of nitrogens with two attached hydrogens (primary N) is 1. The smallest absolute Gasteiger partial charge is 0.00388 e. The molecular weight excluding hydrogens is 350 g/mol. The SMILES string of the molecule is CCCCCCCCCCCCC(N)CCCCCCCCCCCC.Cl. The molecule has 0 saturated carbocycles. The van der Waals surface area contributed by atoms with Crippen LogP contribution in [0.3, 0.4) is 0 Å². The predicted octanol–water partition coefficient (Wildman–Crippen LogP) is 9.36. The van der Waals surface area contributed by atoms with Gasteiger partial charge in [0.25, 0.3) is 0 Å². The number of hydrogen-bond donors (Lipinski definition) is 1. The van der Waals surface area contributed by atoms with Crippen LogP contribution in [0.1, 0.15) is 155 Å². The fraction of sp³-hybridized carbons (Fsp3) is 1.00. The summed E-state index contributed by atoms with van der Waals surface area (Å²) in [7, 11) is 0. The van der Waals surface area contributed by atoms with Gasteiger partial charge in [-0.05, 0) is 12.8 Å². The average molecular weight is 404 g/mol. The van der Waals surface area contributed by atoms with Crippen LogP contribution < -0.4 is 5.73 Å². The van der Waals surface area contributed by atoms with Gasteiger partial charge in [-0.3, -0.25) is 0 Å². The molecular formula is C25H54ClN. The van der Waals surface area contributed by atoms with Gasteiger partial charge < -0.3 is 5.73 Å². The van der Waals surface area contributed by atoms with Crippen molar-refractivity contribution in [2.45, 2.75) is 161 Å². The zero-order valence-corrected chi connectivity index (χ0v) is 19.9. The van der Waals surface area contributed by atoms with Crippen molar-refractivity contribution in [3.63, 3.8) is 0 Å². The molecule has 1 nitrogen and oxygen atoms in total. The van der Waals surface area contributed by atoms with Crippen LogP contribution in [0.25, 0.3) is 0 Å². The highest BCUT2D eigenvalue weighted by molar-refractivity contribution is 5.85. The van der Waals surface area contributed by atoms with E-state index in [0.29, 0.717) is 6.04 Å². The molecule has 0 radical (unpaired) electrons. The zero-order chi connectivity index (χ0) is 19.1. The van der Waals surface area contributed by atoms with Crippen molar-refractivity contribution in [2.24, 2.45) is 5.73 Å². The molecule has 2 N–H and O–H groups in total. The summed E-state index contributed by atoms with van der Waals surface area (Å²) in [5.41, 5.74) is 6.29. The summed E-state index contributed by atoms with van der Waals surface area (Å²) in [6, 6.07) is 0.470. The highest BCUT2D eigenvalue weighted by Gasteiger charge is 2.02. The number of rotatable bonds is 22. The molecule has 0 atom stereocenters. The molecule has 0 amide bonds. The van der Waals surface area contributed by atoms with E-state index in [-0.39, 0.29) is 12.4 Å². The normalized spacial score (nSPS) is 11.1. The van der Waals surface area contributed by atoms with Crippen molar-refractivity contribution >= 4 is 12.4 Å². The molecule has 0 saturated heterocycles. The zero-order valence-electron chi connectivity index (χ0n) is 19.1. The molecule has 2 heteroatoms. The minimum atomic E-state index is 0. The van der Waals surface area contributed by atoms with Crippen LogP contribution in [0, 0.1) is 0 Å². The van der Waals surface area contributed by atoms with Crippen LogP contribution in [0.5, 0.6) is 0 Å². The standard InChI is InChI=1S/C25H53N.ClH/c1-3-5-7-9-11-13-15-17-19-21-23-25(26)24-22-20-18-16-14-12-10-8-6-4-2;/h25H,3-24,26H2,1-2H3;1H. The number of hydrogen-bond acceptors (Lipinski definition) is 1. The Labute approximate surface area is 179 Å². The summed E-state index contributed by atoms with van der Waals surface area (Å²) in [6.07, 6.45) is 31.0. The molecule has 0 bridgehead atoms. The van der Waals surface area contributed by atoms with Gasteiger partial charge in [-0.1, -0.05) is 142 Å². The van der Waals surface area contributed by atoms with E-state index in [1.165, 1.54) is 141 Å². The van der Waals surface area contributed by atoms with Crippen molar-refractivity contribution in [1.29, 1.82) is 0 Å². The third-order valence-corrected chi connectivity index (χ3v) is 5.86. The molecule has 166 valence electrons. The van der Waals surface area contributed by atoms with Crippen LogP contribution in [0.2, 0.25) is 0 Å². The lowest BCUT2D eigenvalue weighted by atomic mass is 10.00. The Morgan fingerprint density at radius 1 is 0.407 bits per heavy atom. The Morgan fingerprint density at radius 2 is 0.630 bits per heavy atom. The highest BCUT2D eigenvalue weighted by atomic mass is 35.5. The quantitative estimate of drug-likeness (QED) is 0.179. The Morgan fingerprint density at radius 3 is 0.889 bits per heavy atom. The van der Waals surface area contributed by atoms with Gasteiger partial charge in [0.1, 0.15) is 0 Å². The van der Waals surface area contributed by atoms with E-state index in [2.05, 4.69) is 13.8 Å². The topological polar surface area (TPSA) is 26.0 Å². The first-order valence-corrected chi connectivity index (χ1v) is 12.6. The second-order valence-electron chi connectivity index (χ2n) is 8.70. The molecule has 0 fully saturated rings. The largest absolute Gasteiger partial charge is 0.328 e. The first-order chi connectivity index (χ1) is 12.8. The molecule has 0 spiro atoms. The summed E-state index contributed by atoms with van der Waals surface area (Å²) in [5, 5.41) is 0. The van der Waals surface area contributed by atoms with Crippen molar-refractivity contribution < 1.29 is 0 Å². The van der Waals surface area contributed by atoms with Crippen molar-refractivity contribution in [3.05, 3.63) is 0 Å². The Hall–Kier alpha value is 0.250. The van der Waals surface area contributed by atoms with Crippen LogP contribution in [0.15, 0.2) is 0 Å². The maximum Gasteiger partial charge on any atom is 0.00388 e. The highest BCUT2D eigenvalue weighted by Crippen LogP contribution is 2.15. The van der Waals surface area contributed by atoms with Gasteiger partial charge in [0, 0.05) is 6.04 Å². The van der Waals surface area contributed by atoms with Gasteiger partial charge in [-0.15, -0.1) is 12.4 Å². The van der Waals surface area contributed by atoms with Crippen LogP contribution >= 0.6 is 12.4 Å². The minimum absolute atomic E-state index is 0. The maximum atomic E-state index is 6.29. The van der Waals surface area contributed by atoms with E-state index in [1.54, 1.807) is 0 Å². The summed E-state index contributed by atoms with van der Waals surface area (Å²) >= 11 is 0. The number of unbranched alkanes of at least 4 members (excludes halogenated alkanes) is 18. The van der Waals surface area contributed by atoms with E-state index in [1.807, 2.05) is 0 Å². The lowest BCUT2D eigenvalue weighted by Gasteiger charge is -2.11. The van der Waals surface area contributed by atoms with E-state index in [9.17, 15) is 0 Å². The summed E-state index contributed by atoms with van der Waals surface area (Å²) < 4.78 is 0. The molecule has 0 aromatic heterocycles. The molecule has 27 heavy (non-hydrogen) atoms. The molecule has 0 aliphatic rings. The van der Waals surface area contributed by atoms with Crippen LogP contribution in [-0.2, 0) is 0 Å². The summed E-state index contributed by atoms with van der Waals surface area (Å²) in [6.45, 7) is 4.59. The molecule has 0 rings (SSSR count). The van der Waals surface area contributed by atoms with Gasteiger partial charge >= 0.3 is 0 Å².